The van der Waals surface area contributed by atoms with Gasteiger partial charge in [0, 0.05) is 6.20 Å². The van der Waals surface area contributed by atoms with E-state index in [9.17, 15) is 4.79 Å². The molecule has 3 heteroatoms. The van der Waals surface area contributed by atoms with Crippen molar-refractivity contribution in [2.75, 3.05) is 0 Å². The molecule has 0 saturated carbocycles. The monoisotopic (exact) mass is 186 g/mol. The standard InChI is InChI=1S/C11H10N2O/c1-2-13-11(14)8-10(12-13)9-6-4-3-5-7-9/h2-7H,1,8H2. The van der Waals surface area contributed by atoms with Crippen molar-refractivity contribution < 1.29 is 4.79 Å². The van der Waals surface area contributed by atoms with Crippen LogP contribution in [0.2, 0.25) is 0 Å². The van der Waals surface area contributed by atoms with Crippen molar-refractivity contribution in [3.63, 3.8) is 0 Å². The minimum absolute atomic E-state index is 0.0288. The zero-order chi connectivity index (χ0) is 9.97. The molecule has 0 aromatic heterocycles. The van der Waals surface area contributed by atoms with Gasteiger partial charge in [-0.2, -0.15) is 5.10 Å². The summed E-state index contributed by atoms with van der Waals surface area (Å²) >= 11 is 0. The lowest BCUT2D eigenvalue weighted by molar-refractivity contribution is -0.126. The van der Waals surface area contributed by atoms with Crippen molar-refractivity contribution in [1.82, 2.24) is 5.01 Å². The summed E-state index contributed by atoms with van der Waals surface area (Å²) in [6.07, 6.45) is 1.79. The minimum Gasteiger partial charge on any atom is -0.272 e. The number of carbonyl (C=O) groups excluding carboxylic acids is 1. The predicted octanol–water partition coefficient (Wildman–Crippen LogP) is 1.77. The lowest BCUT2D eigenvalue weighted by Gasteiger charge is -2.00. The van der Waals surface area contributed by atoms with Gasteiger partial charge >= 0.3 is 0 Å². The first-order chi connectivity index (χ1) is 6.81. The second kappa shape index (κ2) is 3.46. The molecule has 0 bridgehead atoms. The largest absolute Gasteiger partial charge is 0.272 e. The molecule has 1 aromatic carbocycles. The summed E-state index contributed by atoms with van der Waals surface area (Å²) in [6.45, 7) is 3.52. The number of hydrogen-bond acceptors (Lipinski definition) is 2. The van der Waals surface area contributed by atoms with Gasteiger partial charge in [0.1, 0.15) is 0 Å². The van der Waals surface area contributed by atoms with Crippen LogP contribution in [-0.4, -0.2) is 16.6 Å². The molecule has 0 spiro atoms. The van der Waals surface area contributed by atoms with Gasteiger partial charge in [-0.15, -0.1) is 0 Å². The summed E-state index contributed by atoms with van der Waals surface area (Å²) in [5, 5.41) is 5.42. The van der Waals surface area contributed by atoms with E-state index in [0.29, 0.717) is 6.42 Å². The molecule has 0 atom stereocenters. The smallest absolute Gasteiger partial charge is 0.252 e. The van der Waals surface area contributed by atoms with Gasteiger partial charge in [0.15, 0.2) is 0 Å². The van der Waals surface area contributed by atoms with Gasteiger partial charge in [-0.25, -0.2) is 5.01 Å². The maximum Gasteiger partial charge on any atom is 0.252 e. The number of amides is 1. The number of nitrogens with zero attached hydrogens (tertiary/aromatic N) is 2. The van der Waals surface area contributed by atoms with E-state index >= 15 is 0 Å². The van der Waals surface area contributed by atoms with Crippen LogP contribution in [0.4, 0.5) is 0 Å². The summed E-state index contributed by atoms with van der Waals surface area (Å²) in [5.74, 6) is -0.0288. The quantitative estimate of drug-likeness (QED) is 0.692. The Balaban J connectivity index is 2.30. The van der Waals surface area contributed by atoms with Crippen LogP contribution in [0.25, 0.3) is 0 Å². The lowest BCUT2D eigenvalue weighted by Crippen LogP contribution is -2.12. The summed E-state index contributed by atoms with van der Waals surface area (Å²) in [7, 11) is 0. The van der Waals surface area contributed by atoms with Crippen molar-refractivity contribution in [3.05, 3.63) is 48.7 Å². The van der Waals surface area contributed by atoms with Gasteiger partial charge < -0.3 is 0 Å². The van der Waals surface area contributed by atoms with Gasteiger partial charge in [0.05, 0.1) is 12.1 Å². The molecule has 70 valence electrons. The number of hydrazone groups is 1. The first-order valence-corrected chi connectivity index (χ1v) is 4.39. The maximum absolute atomic E-state index is 11.3. The highest BCUT2D eigenvalue weighted by Gasteiger charge is 2.22. The van der Waals surface area contributed by atoms with Crippen LogP contribution >= 0.6 is 0 Å². The number of benzene rings is 1. The highest BCUT2D eigenvalue weighted by molar-refractivity contribution is 6.13. The average molecular weight is 186 g/mol. The summed E-state index contributed by atoms with van der Waals surface area (Å²) in [5.41, 5.74) is 1.79. The summed E-state index contributed by atoms with van der Waals surface area (Å²) in [6, 6.07) is 9.68. The van der Waals surface area contributed by atoms with E-state index in [1.165, 1.54) is 11.2 Å². The van der Waals surface area contributed by atoms with E-state index in [1.807, 2.05) is 30.3 Å². The fourth-order valence-electron chi connectivity index (χ4n) is 1.38. The Morgan fingerprint density at radius 2 is 2.07 bits per heavy atom. The Hall–Kier alpha value is -1.90. The number of carbonyl (C=O) groups is 1. The Morgan fingerprint density at radius 1 is 1.36 bits per heavy atom. The highest BCUT2D eigenvalue weighted by atomic mass is 16.2. The van der Waals surface area contributed by atoms with E-state index in [-0.39, 0.29) is 5.91 Å². The second-order valence-corrected chi connectivity index (χ2v) is 3.01. The second-order valence-electron chi connectivity index (χ2n) is 3.01. The Labute approximate surface area is 82.3 Å². The van der Waals surface area contributed by atoms with Crippen molar-refractivity contribution in [2.24, 2.45) is 5.10 Å². The molecule has 0 radical (unpaired) electrons. The van der Waals surface area contributed by atoms with Crippen molar-refractivity contribution in [3.8, 4) is 0 Å². The van der Waals surface area contributed by atoms with Crippen LogP contribution in [0, 0.1) is 0 Å². The van der Waals surface area contributed by atoms with Crippen molar-refractivity contribution in [1.29, 1.82) is 0 Å². The number of hydrogen-bond donors (Lipinski definition) is 0. The van der Waals surface area contributed by atoms with Crippen molar-refractivity contribution in [2.45, 2.75) is 6.42 Å². The van der Waals surface area contributed by atoms with Gasteiger partial charge in [0.25, 0.3) is 5.91 Å². The molecule has 0 aliphatic carbocycles. The summed E-state index contributed by atoms with van der Waals surface area (Å²) < 4.78 is 0. The molecule has 1 aliphatic rings. The molecule has 1 aliphatic heterocycles. The van der Waals surface area contributed by atoms with Crippen LogP contribution in [0.5, 0.6) is 0 Å². The zero-order valence-corrected chi connectivity index (χ0v) is 7.68. The molecule has 0 saturated heterocycles. The molecule has 1 amide bonds. The minimum atomic E-state index is -0.0288. The van der Waals surface area contributed by atoms with Gasteiger partial charge in [-0.3, -0.25) is 4.79 Å². The highest BCUT2D eigenvalue weighted by Crippen LogP contribution is 2.14. The molecule has 0 unspecified atom stereocenters. The number of rotatable bonds is 2. The summed E-state index contributed by atoms with van der Waals surface area (Å²) in [4.78, 5) is 11.3. The third-order valence-electron chi connectivity index (χ3n) is 2.08. The molecule has 2 rings (SSSR count). The molecular formula is C11H10N2O. The first kappa shape index (κ1) is 8.69. The van der Waals surface area contributed by atoms with E-state index in [4.69, 9.17) is 0 Å². The Kier molecular flexibility index (Phi) is 2.14. The SMILES string of the molecule is C=CN1N=C(c2ccccc2)CC1=O. The van der Waals surface area contributed by atoms with Crippen LogP contribution < -0.4 is 0 Å². The van der Waals surface area contributed by atoms with Gasteiger partial charge in [-0.05, 0) is 5.56 Å². The predicted molar refractivity (Wildman–Crippen MR) is 54.6 cm³/mol. The molecule has 1 aromatic rings. The van der Waals surface area contributed by atoms with Crippen LogP contribution in [0.15, 0.2) is 48.2 Å². The van der Waals surface area contributed by atoms with Gasteiger partial charge in [0.2, 0.25) is 0 Å². The lowest BCUT2D eigenvalue weighted by atomic mass is 10.1. The Bertz CT molecular complexity index is 395. The normalized spacial score (nSPS) is 15.6. The van der Waals surface area contributed by atoms with Gasteiger partial charge in [-0.1, -0.05) is 36.9 Å². The zero-order valence-electron chi connectivity index (χ0n) is 7.68. The Morgan fingerprint density at radius 3 is 2.64 bits per heavy atom. The van der Waals surface area contributed by atoms with Crippen molar-refractivity contribution >= 4 is 11.6 Å². The molecule has 0 fully saturated rings. The molecule has 1 heterocycles. The van der Waals surface area contributed by atoms with E-state index < -0.39 is 0 Å². The van der Waals surface area contributed by atoms with E-state index in [0.717, 1.165) is 11.3 Å². The third kappa shape index (κ3) is 1.44. The fraction of sp³-hybridized carbons (Fsp3) is 0.0909. The topological polar surface area (TPSA) is 32.7 Å². The molecule has 14 heavy (non-hydrogen) atoms. The fourth-order valence-corrected chi connectivity index (χ4v) is 1.38. The van der Waals surface area contributed by atoms with Crippen LogP contribution in [0.1, 0.15) is 12.0 Å². The van der Waals surface area contributed by atoms with Crippen LogP contribution in [-0.2, 0) is 4.79 Å². The van der Waals surface area contributed by atoms with E-state index in [2.05, 4.69) is 11.7 Å². The molecule has 3 nitrogen and oxygen atoms in total. The average Bonchev–Trinajstić information content (AvgIpc) is 2.61. The first-order valence-electron chi connectivity index (χ1n) is 4.39. The maximum atomic E-state index is 11.3. The van der Waals surface area contributed by atoms with E-state index in [1.54, 1.807) is 0 Å². The molecular weight excluding hydrogens is 176 g/mol. The third-order valence-corrected chi connectivity index (χ3v) is 2.08. The van der Waals surface area contributed by atoms with Crippen LogP contribution in [0.3, 0.4) is 0 Å². The molecule has 0 N–H and O–H groups in total.